The van der Waals surface area contributed by atoms with Crippen LogP contribution in [0.25, 0.3) is 11.3 Å². The van der Waals surface area contributed by atoms with Gasteiger partial charge in [0.05, 0.1) is 28.2 Å². The normalized spacial score (nSPS) is 18.5. The first-order valence-corrected chi connectivity index (χ1v) is 16.1. The largest absolute Gasteiger partial charge is 0.490 e. The summed E-state index contributed by atoms with van der Waals surface area (Å²) in [6.07, 6.45) is -4.21. The molecule has 4 bridgehead atoms. The number of aryl methyl sites for hydroxylation is 2. The highest BCUT2D eigenvalue weighted by atomic mass is 35.5. The summed E-state index contributed by atoms with van der Waals surface area (Å²) in [7, 11) is -1.41. The van der Waals surface area contributed by atoms with Crippen molar-refractivity contribution in [3.05, 3.63) is 76.5 Å². The van der Waals surface area contributed by atoms with Crippen LogP contribution in [-0.4, -0.2) is 75.4 Å². The van der Waals surface area contributed by atoms with E-state index in [0.29, 0.717) is 34.0 Å². The highest BCUT2D eigenvalue weighted by Gasteiger charge is 2.40. The second-order valence-corrected chi connectivity index (χ2v) is 12.7. The van der Waals surface area contributed by atoms with Gasteiger partial charge in [-0.25, -0.2) is 9.97 Å². The number of alkyl halides is 6. The number of hydrogen-bond donors (Lipinski definition) is 4. The lowest BCUT2D eigenvalue weighted by molar-refractivity contribution is -0.138. The van der Waals surface area contributed by atoms with Crippen LogP contribution in [0.3, 0.4) is 0 Å². The number of nitrogens with zero attached hydrogens (tertiary/aromatic N) is 6. The SMILES string of the molecule is Cc1ccc(-c2nc3c(cc2C(F)(F)F)N2CC[C@@H](C2)N3)cn1.Cc1ccc(B(O)O)cn1.FC(F)(F)c1cc2c(nc1Cl)N[C@H]1CCN2C1. The predicted octanol–water partition coefficient (Wildman–Crippen LogP) is 5.30. The van der Waals surface area contributed by atoms with Crippen LogP contribution >= 0.6 is 11.6 Å². The van der Waals surface area contributed by atoms with Crippen molar-refractivity contribution in [3.63, 3.8) is 0 Å². The van der Waals surface area contributed by atoms with Gasteiger partial charge >= 0.3 is 19.5 Å². The summed E-state index contributed by atoms with van der Waals surface area (Å²) in [6, 6.07) is 9.51. The molecular formula is C32H32BClF6N8O2. The number of anilines is 4. The van der Waals surface area contributed by atoms with Gasteiger partial charge in [0.2, 0.25) is 0 Å². The van der Waals surface area contributed by atoms with Crippen LogP contribution in [0, 0.1) is 13.8 Å². The van der Waals surface area contributed by atoms with E-state index in [-0.39, 0.29) is 17.8 Å². The Morgan fingerprint density at radius 1 is 0.760 bits per heavy atom. The van der Waals surface area contributed by atoms with Gasteiger partial charge in [0.1, 0.15) is 5.15 Å². The van der Waals surface area contributed by atoms with Crippen molar-refractivity contribution in [2.45, 2.75) is 51.1 Å². The topological polar surface area (TPSA) is 123 Å². The zero-order chi connectivity index (χ0) is 36.0. The maximum absolute atomic E-state index is 13.5. The fraction of sp³-hybridized carbons (Fsp3) is 0.375. The molecule has 0 unspecified atom stereocenters. The molecule has 8 heterocycles. The molecule has 0 saturated carbocycles. The van der Waals surface area contributed by atoms with E-state index in [2.05, 4.69) is 30.6 Å². The first kappa shape index (κ1) is 35.5. The standard InChI is InChI=1S/C16H15F3N4.C10H9ClF3N3.C6H8BNO2/c1-9-2-3-10(7-20-9)14-12(16(17,18)19)6-13-15(22-14)21-11-4-5-23(13)8-11;11-8-6(10(12,13)14)3-7-9(16-8)15-5-1-2-17(7)4-5;1-5-2-3-6(4-8-5)7(9)10/h2-3,6-7,11H,4-5,8H2,1H3,(H,21,22);3,5H,1-2,4H2,(H,15,16);2-4,9-10H,1H3/t11-;5-;/m00./s1. The second kappa shape index (κ2) is 13.8. The van der Waals surface area contributed by atoms with Crippen LogP contribution in [0.5, 0.6) is 0 Å². The lowest BCUT2D eigenvalue weighted by Crippen LogP contribution is -2.33. The Morgan fingerprint density at radius 3 is 1.76 bits per heavy atom. The average molecular weight is 721 g/mol. The minimum absolute atomic E-state index is 0.0706. The molecule has 4 aromatic rings. The number of nitrogens with one attached hydrogen (secondary N) is 2. The fourth-order valence-electron chi connectivity index (χ4n) is 6.13. The highest BCUT2D eigenvalue weighted by molar-refractivity contribution is 6.58. The van der Waals surface area contributed by atoms with Crippen LogP contribution < -0.4 is 25.9 Å². The van der Waals surface area contributed by atoms with Crippen LogP contribution in [0.2, 0.25) is 5.15 Å². The maximum Gasteiger partial charge on any atom is 0.490 e. The molecule has 2 saturated heterocycles. The molecule has 0 radical (unpaired) electrons. The van der Waals surface area contributed by atoms with Crippen molar-refractivity contribution < 1.29 is 36.4 Å². The first-order chi connectivity index (χ1) is 23.6. The molecule has 4 aliphatic heterocycles. The van der Waals surface area contributed by atoms with E-state index in [1.165, 1.54) is 18.5 Å². The highest BCUT2D eigenvalue weighted by Crippen LogP contribution is 2.44. The molecule has 4 N–H and O–H groups in total. The van der Waals surface area contributed by atoms with E-state index >= 15 is 0 Å². The Labute approximate surface area is 288 Å². The number of pyridine rings is 4. The van der Waals surface area contributed by atoms with Gasteiger partial charge in [0, 0.05) is 73.1 Å². The minimum Gasteiger partial charge on any atom is -0.423 e. The number of aromatic nitrogens is 4. The lowest BCUT2D eigenvalue weighted by Gasteiger charge is -2.29. The lowest BCUT2D eigenvalue weighted by atomic mass is 9.82. The van der Waals surface area contributed by atoms with Crippen molar-refractivity contribution in [1.29, 1.82) is 0 Å². The molecule has 0 aromatic carbocycles. The molecule has 10 nitrogen and oxygen atoms in total. The zero-order valence-electron chi connectivity index (χ0n) is 26.8. The molecule has 18 heteroatoms. The summed E-state index contributed by atoms with van der Waals surface area (Å²) < 4.78 is 78.7. The van der Waals surface area contributed by atoms with E-state index in [4.69, 9.17) is 21.6 Å². The molecule has 8 rings (SSSR count). The van der Waals surface area contributed by atoms with Crippen molar-refractivity contribution in [3.8, 4) is 11.3 Å². The fourth-order valence-corrected chi connectivity index (χ4v) is 6.38. The summed E-state index contributed by atoms with van der Waals surface area (Å²) in [5.41, 5.74) is 1.79. The average Bonchev–Trinajstić information content (AvgIpc) is 3.63. The van der Waals surface area contributed by atoms with Gasteiger partial charge in [0.15, 0.2) is 11.6 Å². The Morgan fingerprint density at radius 2 is 1.28 bits per heavy atom. The van der Waals surface area contributed by atoms with E-state index in [1.54, 1.807) is 31.2 Å². The van der Waals surface area contributed by atoms with Crippen LogP contribution in [0.4, 0.5) is 49.4 Å². The maximum atomic E-state index is 13.5. The molecule has 2 fully saturated rings. The third-order valence-electron chi connectivity index (χ3n) is 8.73. The molecule has 0 aliphatic carbocycles. The second-order valence-electron chi connectivity index (χ2n) is 12.4. The molecule has 0 spiro atoms. The Balaban J connectivity index is 0.000000141. The van der Waals surface area contributed by atoms with Gasteiger partial charge in [-0.1, -0.05) is 17.7 Å². The van der Waals surface area contributed by atoms with E-state index in [9.17, 15) is 26.3 Å². The summed E-state index contributed by atoms with van der Waals surface area (Å²) in [5.74, 6) is 0.985. The molecular weight excluding hydrogens is 689 g/mol. The number of halogens is 7. The molecule has 264 valence electrons. The molecule has 50 heavy (non-hydrogen) atoms. The van der Waals surface area contributed by atoms with Crippen molar-refractivity contribution in [1.82, 2.24) is 19.9 Å². The van der Waals surface area contributed by atoms with Gasteiger partial charge in [0.25, 0.3) is 0 Å². The van der Waals surface area contributed by atoms with Crippen LogP contribution in [-0.2, 0) is 12.4 Å². The third-order valence-corrected chi connectivity index (χ3v) is 9.01. The number of fused-ring (bicyclic) bond motifs is 8. The van der Waals surface area contributed by atoms with E-state index in [0.717, 1.165) is 56.5 Å². The first-order valence-electron chi connectivity index (χ1n) is 15.7. The van der Waals surface area contributed by atoms with Crippen molar-refractivity contribution in [2.75, 3.05) is 46.6 Å². The van der Waals surface area contributed by atoms with E-state index in [1.807, 2.05) is 16.7 Å². The number of hydrogen-bond acceptors (Lipinski definition) is 10. The van der Waals surface area contributed by atoms with Gasteiger partial charge in [-0.3, -0.25) is 9.97 Å². The Kier molecular flexibility index (Phi) is 9.76. The summed E-state index contributed by atoms with van der Waals surface area (Å²) >= 11 is 5.57. The summed E-state index contributed by atoms with van der Waals surface area (Å²) in [6.45, 7) is 6.61. The van der Waals surface area contributed by atoms with Gasteiger partial charge in [-0.2, -0.15) is 26.3 Å². The molecule has 0 amide bonds. The quantitative estimate of drug-likeness (QED) is 0.123. The van der Waals surface area contributed by atoms with Gasteiger partial charge in [-0.05, 0) is 57.0 Å². The Bertz CT molecular complexity index is 1850. The third kappa shape index (κ3) is 7.69. The van der Waals surface area contributed by atoms with Crippen molar-refractivity contribution in [2.24, 2.45) is 0 Å². The van der Waals surface area contributed by atoms with Crippen LogP contribution in [0.1, 0.15) is 35.4 Å². The summed E-state index contributed by atoms with van der Waals surface area (Å²) in [5, 5.41) is 23.1. The molecule has 4 aliphatic rings. The zero-order valence-corrected chi connectivity index (χ0v) is 27.6. The van der Waals surface area contributed by atoms with Gasteiger partial charge < -0.3 is 30.5 Å². The minimum atomic E-state index is -4.46. The monoisotopic (exact) mass is 720 g/mol. The number of rotatable bonds is 2. The molecule has 2 atom stereocenters. The summed E-state index contributed by atoms with van der Waals surface area (Å²) in [4.78, 5) is 20.0. The molecule has 4 aromatic heterocycles. The van der Waals surface area contributed by atoms with Gasteiger partial charge in [-0.15, -0.1) is 0 Å². The van der Waals surface area contributed by atoms with Crippen LogP contribution in [0.15, 0.2) is 48.8 Å². The van der Waals surface area contributed by atoms with E-state index < -0.39 is 35.8 Å². The predicted molar refractivity (Wildman–Crippen MR) is 179 cm³/mol. The van der Waals surface area contributed by atoms with Crippen molar-refractivity contribution >= 4 is 47.2 Å². The smallest absolute Gasteiger partial charge is 0.423 e. The Hall–Kier alpha value is -4.35.